The maximum absolute atomic E-state index is 10.1. The van der Waals surface area contributed by atoms with Crippen LogP contribution in [0, 0.1) is 17.0 Å². The van der Waals surface area contributed by atoms with Gasteiger partial charge in [-0.3, -0.25) is 10.1 Å². The van der Waals surface area contributed by atoms with E-state index in [9.17, 15) is 10.1 Å². The first-order chi connectivity index (χ1) is 6.63. The quantitative estimate of drug-likeness (QED) is 0.570. The summed E-state index contributed by atoms with van der Waals surface area (Å²) in [5.74, 6) is 0. The molecule has 0 unspecified atom stereocenters. The first-order valence-corrected chi connectivity index (χ1v) is 5.00. The monoisotopic (exact) mass is 213 g/mol. The summed E-state index contributed by atoms with van der Waals surface area (Å²) in [5.41, 5.74) is 1.01. The van der Waals surface area contributed by atoms with Crippen LogP contribution in [0.1, 0.15) is 17.4 Å². The van der Waals surface area contributed by atoms with Crippen molar-refractivity contribution in [2.24, 2.45) is 0 Å². The standard InChI is InChI=1S/C9H11NO3S/c1-3-13-9-7(2)6-8(14-9)4-5-10(11)12/h4-6H,3H2,1-2H3. The van der Waals surface area contributed by atoms with Gasteiger partial charge >= 0.3 is 0 Å². The van der Waals surface area contributed by atoms with Crippen LogP contribution in [-0.4, -0.2) is 11.5 Å². The highest BCUT2D eigenvalue weighted by Gasteiger charge is 2.04. The predicted octanol–water partition coefficient (Wildman–Crippen LogP) is 2.70. The van der Waals surface area contributed by atoms with Crippen LogP contribution >= 0.6 is 11.3 Å². The van der Waals surface area contributed by atoms with E-state index in [1.54, 1.807) is 0 Å². The zero-order valence-electron chi connectivity index (χ0n) is 8.02. The van der Waals surface area contributed by atoms with Gasteiger partial charge in [0, 0.05) is 16.5 Å². The predicted molar refractivity (Wildman–Crippen MR) is 56.3 cm³/mol. The molecule has 0 N–H and O–H groups in total. The van der Waals surface area contributed by atoms with E-state index in [1.807, 2.05) is 19.9 Å². The summed E-state index contributed by atoms with van der Waals surface area (Å²) in [4.78, 5) is 10.4. The molecule has 14 heavy (non-hydrogen) atoms. The molecule has 0 atom stereocenters. The van der Waals surface area contributed by atoms with Gasteiger partial charge < -0.3 is 4.74 Å². The van der Waals surface area contributed by atoms with E-state index < -0.39 is 4.92 Å². The van der Waals surface area contributed by atoms with E-state index in [-0.39, 0.29) is 0 Å². The summed E-state index contributed by atoms with van der Waals surface area (Å²) in [6.07, 6.45) is 2.40. The van der Waals surface area contributed by atoms with Crippen LogP contribution in [0.2, 0.25) is 0 Å². The van der Waals surface area contributed by atoms with E-state index >= 15 is 0 Å². The fourth-order valence-electron chi connectivity index (χ4n) is 0.980. The van der Waals surface area contributed by atoms with Crippen molar-refractivity contribution in [2.45, 2.75) is 13.8 Å². The minimum atomic E-state index is -0.477. The third kappa shape index (κ3) is 2.85. The minimum Gasteiger partial charge on any atom is -0.484 e. The molecule has 0 spiro atoms. The second-order valence-electron chi connectivity index (χ2n) is 2.65. The molecule has 0 saturated carbocycles. The van der Waals surface area contributed by atoms with Crippen molar-refractivity contribution in [3.63, 3.8) is 0 Å². The summed E-state index contributed by atoms with van der Waals surface area (Å²) >= 11 is 1.41. The maximum Gasteiger partial charge on any atom is 0.235 e. The lowest BCUT2D eigenvalue weighted by atomic mass is 10.3. The van der Waals surface area contributed by atoms with Gasteiger partial charge in [0.2, 0.25) is 6.20 Å². The largest absolute Gasteiger partial charge is 0.484 e. The Morgan fingerprint density at radius 2 is 2.43 bits per heavy atom. The van der Waals surface area contributed by atoms with Crippen molar-refractivity contribution in [3.8, 4) is 5.06 Å². The molecule has 4 nitrogen and oxygen atoms in total. The van der Waals surface area contributed by atoms with E-state index in [0.717, 1.165) is 21.7 Å². The van der Waals surface area contributed by atoms with Crippen molar-refractivity contribution in [2.75, 3.05) is 6.61 Å². The zero-order valence-corrected chi connectivity index (χ0v) is 8.84. The molecule has 0 saturated heterocycles. The molecule has 0 amide bonds. The number of ether oxygens (including phenoxy) is 1. The Balaban J connectivity index is 2.80. The topological polar surface area (TPSA) is 52.4 Å². The van der Waals surface area contributed by atoms with Crippen LogP contribution < -0.4 is 4.74 Å². The van der Waals surface area contributed by atoms with Crippen molar-refractivity contribution >= 4 is 17.4 Å². The highest BCUT2D eigenvalue weighted by atomic mass is 32.1. The number of hydrogen-bond acceptors (Lipinski definition) is 4. The molecule has 0 aromatic carbocycles. The lowest BCUT2D eigenvalue weighted by molar-refractivity contribution is -0.400. The first kappa shape index (κ1) is 10.7. The Kier molecular flexibility index (Phi) is 3.64. The van der Waals surface area contributed by atoms with Gasteiger partial charge in [0.05, 0.1) is 11.5 Å². The second-order valence-corrected chi connectivity index (χ2v) is 3.70. The average molecular weight is 213 g/mol. The average Bonchev–Trinajstić information content (AvgIpc) is 2.45. The highest BCUT2D eigenvalue weighted by Crippen LogP contribution is 2.30. The third-order valence-electron chi connectivity index (χ3n) is 1.53. The van der Waals surface area contributed by atoms with Crippen LogP contribution in [-0.2, 0) is 0 Å². The van der Waals surface area contributed by atoms with Gasteiger partial charge in [-0.25, -0.2) is 0 Å². The van der Waals surface area contributed by atoms with Crippen LogP contribution in [0.15, 0.2) is 12.3 Å². The zero-order chi connectivity index (χ0) is 10.6. The van der Waals surface area contributed by atoms with Gasteiger partial charge in [0.1, 0.15) is 0 Å². The molecule has 1 heterocycles. The fourth-order valence-corrected chi connectivity index (χ4v) is 1.96. The maximum atomic E-state index is 10.1. The van der Waals surface area contributed by atoms with Crippen molar-refractivity contribution < 1.29 is 9.66 Å². The van der Waals surface area contributed by atoms with Gasteiger partial charge in [0.15, 0.2) is 5.06 Å². The van der Waals surface area contributed by atoms with Gasteiger partial charge in [-0.05, 0) is 19.9 Å². The van der Waals surface area contributed by atoms with Crippen LogP contribution in [0.4, 0.5) is 0 Å². The lowest BCUT2D eigenvalue weighted by Gasteiger charge is -1.97. The van der Waals surface area contributed by atoms with Gasteiger partial charge in [0.25, 0.3) is 0 Å². The van der Waals surface area contributed by atoms with Crippen molar-refractivity contribution in [1.82, 2.24) is 0 Å². The smallest absolute Gasteiger partial charge is 0.235 e. The molecule has 0 fully saturated rings. The number of rotatable bonds is 4. The highest BCUT2D eigenvalue weighted by molar-refractivity contribution is 7.14. The molecule has 0 aliphatic heterocycles. The summed E-state index contributed by atoms with van der Waals surface area (Å²) in [6, 6.07) is 1.87. The number of thiophene rings is 1. The molecule has 1 rings (SSSR count). The van der Waals surface area contributed by atoms with E-state index in [1.165, 1.54) is 17.4 Å². The van der Waals surface area contributed by atoms with E-state index in [4.69, 9.17) is 4.74 Å². The first-order valence-electron chi connectivity index (χ1n) is 4.18. The molecule has 1 aromatic rings. The van der Waals surface area contributed by atoms with Crippen LogP contribution in [0.3, 0.4) is 0 Å². The SMILES string of the molecule is CCOc1sc(C=C[N+](=O)[O-])cc1C. The molecule has 0 aliphatic carbocycles. The van der Waals surface area contributed by atoms with E-state index in [0.29, 0.717) is 6.61 Å². The van der Waals surface area contributed by atoms with Crippen molar-refractivity contribution in [3.05, 3.63) is 32.8 Å². The molecule has 0 radical (unpaired) electrons. The molecule has 76 valence electrons. The molecular formula is C9H11NO3S. The third-order valence-corrected chi connectivity index (χ3v) is 2.64. The van der Waals surface area contributed by atoms with E-state index in [2.05, 4.69) is 0 Å². The number of hydrogen-bond donors (Lipinski definition) is 0. The normalized spacial score (nSPS) is 10.7. The fraction of sp³-hybridized carbons (Fsp3) is 0.333. The molecular weight excluding hydrogens is 202 g/mol. The van der Waals surface area contributed by atoms with Crippen LogP contribution in [0.5, 0.6) is 5.06 Å². The molecule has 5 heteroatoms. The Hall–Kier alpha value is -1.36. The number of nitro groups is 1. The Morgan fingerprint density at radius 1 is 1.71 bits per heavy atom. The van der Waals surface area contributed by atoms with Crippen molar-refractivity contribution in [1.29, 1.82) is 0 Å². The second kappa shape index (κ2) is 4.76. The number of nitrogens with zero attached hydrogens (tertiary/aromatic N) is 1. The van der Waals surface area contributed by atoms with Gasteiger partial charge in [-0.1, -0.05) is 11.3 Å². The molecule has 0 bridgehead atoms. The Morgan fingerprint density at radius 3 is 3.00 bits per heavy atom. The summed E-state index contributed by atoms with van der Waals surface area (Å²) in [7, 11) is 0. The Bertz CT molecular complexity index is 357. The van der Waals surface area contributed by atoms with Gasteiger partial charge in [-0.15, -0.1) is 0 Å². The van der Waals surface area contributed by atoms with Gasteiger partial charge in [-0.2, -0.15) is 0 Å². The summed E-state index contributed by atoms with van der Waals surface area (Å²) < 4.78 is 5.34. The Labute approximate surface area is 86.0 Å². The molecule has 0 aliphatic rings. The lowest BCUT2D eigenvalue weighted by Crippen LogP contribution is -1.88. The molecule has 1 aromatic heterocycles. The summed E-state index contributed by atoms with van der Waals surface area (Å²) in [6.45, 7) is 4.44. The minimum absolute atomic E-state index is 0.477. The number of aryl methyl sites for hydroxylation is 1. The van der Waals surface area contributed by atoms with Crippen LogP contribution in [0.25, 0.3) is 6.08 Å². The summed E-state index contributed by atoms with van der Waals surface area (Å²) in [5, 5.41) is 10.9.